The Kier molecular flexibility index (Phi) is 37.5. The van der Waals surface area contributed by atoms with Gasteiger partial charge in [-0.15, -0.1) is 0 Å². The second kappa shape index (κ2) is 48.2. The number of rotatable bonds is 20. The predicted molar refractivity (Wildman–Crippen MR) is 433 cm³/mol. The number of hydrogen-bond acceptors (Lipinski definition) is 16. The fourth-order valence-corrected chi connectivity index (χ4v) is 10.2. The first-order valence-electron chi connectivity index (χ1n) is 35.4. The van der Waals surface area contributed by atoms with Crippen molar-refractivity contribution in [1.82, 2.24) is 9.97 Å². The van der Waals surface area contributed by atoms with Gasteiger partial charge in [-0.2, -0.15) is 0 Å². The third-order valence-corrected chi connectivity index (χ3v) is 15.9. The number of nitrogens with zero attached hydrogens (tertiary/aromatic N) is 4. The molecule has 0 N–H and O–H groups in total. The molecule has 0 amide bonds. The van der Waals surface area contributed by atoms with E-state index in [4.69, 9.17) is 9.47 Å². The van der Waals surface area contributed by atoms with E-state index in [9.17, 15) is 49.8 Å². The van der Waals surface area contributed by atoms with Gasteiger partial charge in [-0.05, 0) is 132 Å². The van der Waals surface area contributed by atoms with Gasteiger partial charge < -0.3 is 40.1 Å². The van der Waals surface area contributed by atoms with Gasteiger partial charge in [-0.1, -0.05) is 326 Å². The number of ether oxygens (including phenoxy) is 2. The SMILES string of the molecule is CCOc1ccc(N=Cc2ccc3cccc([O-])c3n2)cc1.CCOc1ccc(N=Cc2ccc3cccc([O-])c3n2)cc1.O=C(/C=C(\[O-])c1ccccc1)c1ccccc1.O=C(/C=C(\[O-])c1ccccc1)c1ccccc1.O=C(/C=C(\[O-])c1ccccc1)c1ccccc1.O=C(/C=C(\[O-])c1ccccc1)c1ccccc1.[Dy+3].[Dy+3]. The minimum atomic E-state index is -0.264. The third kappa shape index (κ3) is 29.2. The number of ketones is 4. The number of benzene rings is 12. The molecule has 0 aliphatic carbocycles. The number of para-hydroxylation sites is 2. The van der Waals surface area contributed by atoms with E-state index < -0.39 is 0 Å². The molecule has 16 nitrogen and oxygen atoms in total. The largest absolute Gasteiger partial charge is 3.00 e. The van der Waals surface area contributed by atoms with Crippen molar-refractivity contribution < 1.29 is 136 Å². The summed E-state index contributed by atoms with van der Waals surface area (Å²) in [6.45, 7) is 5.17. The van der Waals surface area contributed by atoms with Crippen molar-refractivity contribution >= 4 is 91.8 Å². The summed E-state index contributed by atoms with van der Waals surface area (Å²) in [5.74, 6) is -0.624. The van der Waals surface area contributed by atoms with E-state index in [0.717, 1.165) is 58.0 Å². The van der Waals surface area contributed by atoms with Crippen LogP contribution in [0, 0.1) is 76.3 Å². The summed E-state index contributed by atoms with van der Waals surface area (Å²) in [6.07, 6.45) is 7.83. The van der Waals surface area contributed by atoms with Crippen LogP contribution in [-0.2, 0) is 0 Å². The maximum Gasteiger partial charge on any atom is 3.00 e. The summed E-state index contributed by atoms with van der Waals surface area (Å²) in [5, 5.41) is 72.3. The second-order valence-corrected chi connectivity index (χ2v) is 23.9. The Morgan fingerprint density at radius 1 is 0.289 bits per heavy atom. The molecule has 0 bridgehead atoms. The predicted octanol–water partition coefficient (Wildman–Crippen LogP) is 16.0. The van der Waals surface area contributed by atoms with Crippen molar-refractivity contribution in [2.75, 3.05) is 13.2 Å². The molecule has 0 aliphatic heterocycles. The molecule has 14 rings (SSSR count). The Morgan fingerprint density at radius 3 is 0.746 bits per heavy atom. The second-order valence-electron chi connectivity index (χ2n) is 23.9. The van der Waals surface area contributed by atoms with Crippen molar-refractivity contribution in [3.05, 3.63) is 432 Å². The summed E-state index contributed by atoms with van der Waals surface area (Å²) < 4.78 is 10.8. The molecule has 0 fully saturated rings. The molecule has 2 aromatic heterocycles. The van der Waals surface area contributed by atoms with Crippen LogP contribution in [0.4, 0.5) is 11.4 Å². The van der Waals surface area contributed by atoms with E-state index in [0.29, 0.717) is 80.1 Å². The summed E-state index contributed by atoms with van der Waals surface area (Å²) in [4.78, 5) is 64.4. The number of aliphatic imine (C=N–C) groups is 2. The zero-order valence-electron chi connectivity index (χ0n) is 61.7. The van der Waals surface area contributed by atoms with E-state index in [1.54, 1.807) is 219 Å². The standard InChI is InChI=1S/2C18H16N2O2.4C15H12O2.2Dy/c2*1-2-22-16-10-8-14(9-11-16)19-12-15-7-6-13-4-3-5-17(21)18(13)20-15;4*16-14(12-7-3-1-4-8-12)11-15(17)13-9-5-2-6-10-13;;/h2*3-12,21H,2H2,1H3;4*1-11,16H;;/q;;;;;;2*+3/p-6/b;;4*14-11-;;. The Balaban J connectivity index is 0.000000190. The third-order valence-electron chi connectivity index (χ3n) is 15.9. The number of carbonyl (C=O) groups is 4. The Morgan fingerprint density at radius 2 is 0.518 bits per heavy atom. The molecule has 14 aromatic rings. The number of carbonyl (C=O) groups excluding carboxylic acids is 4. The van der Waals surface area contributed by atoms with Gasteiger partial charge in [0.2, 0.25) is 0 Å². The molecule has 0 saturated heterocycles. The maximum absolute atomic E-state index is 11.8. The summed E-state index contributed by atoms with van der Waals surface area (Å²) >= 11 is 0. The summed E-state index contributed by atoms with van der Waals surface area (Å²) in [7, 11) is 0. The normalized spacial score (nSPS) is 11.0. The number of pyridine rings is 2. The molecule has 570 valence electrons. The van der Waals surface area contributed by atoms with E-state index in [1.807, 2.05) is 147 Å². The maximum atomic E-state index is 11.8. The van der Waals surface area contributed by atoms with Gasteiger partial charge in [0.25, 0.3) is 0 Å². The van der Waals surface area contributed by atoms with Crippen LogP contribution in [0.2, 0.25) is 0 Å². The average Bonchev–Trinajstić information content (AvgIpc) is 0.824. The van der Waals surface area contributed by atoms with Crippen LogP contribution in [0.3, 0.4) is 0 Å². The van der Waals surface area contributed by atoms with E-state index in [1.165, 1.54) is 12.1 Å². The molecule has 0 spiro atoms. The number of aromatic nitrogens is 2. The van der Waals surface area contributed by atoms with Gasteiger partial charge >= 0.3 is 76.3 Å². The Bertz CT molecular complexity index is 4980. The zero-order valence-corrected chi connectivity index (χ0v) is 65.7. The van der Waals surface area contributed by atoms with Crippen LogP contribution in [0.15, 0.2) is 386 Å². The van der Waals surface area contributed by atoms with Crippen LogP contribution in [0.1, 0.15) is 88.9 Å². The first kappa shape index (κ1) is 88.6. The topological polar surface area (TPSA) is 276 Å². The minimum absolute atomic E-state index is 0. The van der Waals surface area contributed by atoms with Gasteiger partial charge in [0.05, 0.1) is 59.4 Å². The molecule has 0 aliphatic rings. The fraction of sp³-hybridized carbons (Fsp3) is 0.0417. The van der Waals surface area contributed by atoms with Crippen LogP contribution in [0.5, 0.6) is 23.0 Å². The van der Waals surface area contributed by atoms with Crippen LogP contribution >= 0.6 is 0 Å². The first-order valence-corrected chi connectivity index (χ1v) is 35.4. The van der Waals surface area contributed by atoms with E-state index in [2.05, 4.69) is 20.0 Å². The molecule has 2 heterocycles. The molecule has 2 radical (unpaired) electrons. The molecule has 114 heavy (non-hydrogen) atoms. The van der Waals surface area contributed by atoms with Gasteiger partial charge in [0, 0.05) is 22.3 Å². The number of fused-ring (bicyclic) bond motifs is 2. The van der Waals surface area contributed by atoms with E-state index >= 15 is 0 Å². The summed E-state index contributed by atoms with van der Waals surface area (Å²) in [6, 6.07) is 103. The molecule has 18 heteroatoms. The molecule has 12 aromatic carbocycles. The molecule has 0 atom stereocenters. The Labute approximate surface area is 722 Å². The van der Waals surface area contributed by atoms with Crippen LogP contribution < -0.4 is 40.1 Å². The van der Waals surface area contributed by atoms with Crippen molar-refractivity contribution in [3.8, 4) is 23.0 Å². The molecule has 0 unspecified atom stereocenters. The quantitative estimate of drug-likeness (QED) is 0.0297. The number of allylic oxidation sites excluding steroid dienone is 4. The van der Waals surface area contributed by atoms with Gasteiger partial charge in [-0.3, -0.25) is 29.2 Å². The molecule has 0 saturated carbocycles. The van der Waals surface area contributed by atoms with Crippen molar-refractivity contribution in [3.63, 3.8) is 0 Å². The number of hydrogen-bond donors (Lipinski definition) is 0. The van der Waals surface area contributed by atoms with Crippen molar-refractivity contribution in [2.45, 2.75) is 13.8 Å². The smallest absolute Gasteiger partial charge is 0.872 e. The average molecular weight is 1800 g/mol. The van der Waals surface area contributed by atoms with Gasteiger partial charge in [0.1, 0.15) is 11.5 Å². The minimum Gasteiger partial charge on any atom is -0.872 e. The monoisotopic (exact) mass is 1800 g/mol. The Hall–Kier alpha value is -12.6. The molecular formula is C96H74Dy2N4O12. The van der Waals surface area contributed by atoms with Crippen molar-refractivity contribution in [1.29, 1.82) is 0 Å². The summed E-state index contributed by atoms with van der Waals surface area (Å²) in [5.41, 5.74) is 8.07. The van der Waals surface area contributed by atoms with Gasteiger partial charge in [-0.25, -0.2) is 9.97 Å². The zero-order chi connectivity index (χ0) is 79.1. The first-order chi connectivity index (χ1) is 54.6. The van der Waals surface area contributed by atoms with Crippen molar-refractivity contribution in [2.24, 2.45) is 9.98 Å². The van der Waals surface area contributed by atoms with Gasteiger partial charge in [0.15, 0.2) is 23.1 Å². The molecular weight excluding hydrogens is 1730 g/mol. The van der Waals surface area contributed by atoms with Crippen LogP contribution in [0.25, 0.3) is 44.8 Å². The fourth-order valence-electron chi connectivity index (χ4n) is 10.2. The van der Waals surface area contributed by atoms with E-state index in [-0.39, 0.29) is 134 Å². The van der Waals surface area contributed by atoms with Crippen LogP contribution in [-0.4, -0.2) is 58.7 Å².